The van der Waals surface area contributed by atoms with Crippen molar-refractivity contribution in [2.24, 2.45) is 0 Å². The molecule has 1 aromatic carbocycles. The molecule has 0 atom stereocenters. The third-order valence-corrected chi connectivity index (χ3v) is 2.52. The van der Waals surface area contributed by atoms with Crippen LogP contribution in [0.25, 0.3) is 6.08 Å². The first kappa shape index (κ1) is 10.4. The van der Waals surface area contributed by atoms with E-state index in [1.54, 1.807) is 0 Å². The van der Waals surface area contributed by atoms with Crippen molar-refractivity contribution in [2.45, 2.75) is 0 Å². The fourth-order valence-electron chi connectivity index (χ4n) is 1.63. The second kappa shape index (κ2) is 5.69. The van der Waals surface area contributed by atoms with Crippen LogP contribution in [0.15, 0.2) is 30.3 Å². The van der Waals surface area contributed by atoms with Gasteiger partial charge in [0.2, 0.25) is 0 Å². The monoisotopic (exact) mass is 202 g/mol. The molecule has 15 heavy (non-hydrogen) atoms. The summed E-state index contributed by atoms with van der Waals surface area (Å²) in [6, 6.07) is 11.0. The molecule has 0 aromatic heterocycles. The molecule has 0 N–H and O–H groups in total. The number of benzene rings is 1. The Morgan fingerprint density at radius 2 is 2.00 bits per heavy atom. The van der Waals surface area contributed by atoms with Gasteiger partial charge in [0.05, 0.1) is 13.2 Å². The molecule has 0 bridgehead atoms. The maximum absolute atomic E-state index is 5.29. The van der Waals surface area contributed by atoms with Gasteiger partial charge in [-0.15, -0.1) is 0 Å². The zero-order chi connectivity index (χ0) is 10.3. The van der Waals surface area contributed by atoms with Gasteiger partial charge >= 0.3 is 0 Å². The van der Waals surface area contributed by atoms with Gasteiger partial charge in [-0.05, 0) is 11.6 Å². The number of ether oxygens (including phenoxy) is 1. The van der Waals surface area contributed by atoms with Crippen LogP contribution in [0.1, 0.15) is 5.56 Å². The number of hydrogen-bond acceptors (Lipinski definition) is 2. The van der Waals surface area contributed by atoms with Crippen LogP contribution in [0.2, 0.25) is 0 Å². The predicted octanol–water partition coefficient (Wildman–Crippen LogP) is 1.83. The minimum atomic E-state index is 0.869. The number of rotatable bonds is 3. The van der Waals surface area contributed by atoms with E-state index in [2.05, 4.69) is 35.3 Å². The third-order valence-electron chi connectivity index (χ3n) is 2.52. The van der Waals surface area contributed by atoms with Gasteiger partial charge in [-0.1, -0.05) is 36.4 Å². The summed E-state index contributed by atoms with van der Waals surface area (Å²) in [4.78, 5) is 2.40. The van der Waals surface area contributed by atoms with E-state index in [0.29, 0.717) is 0 Å². The van der Waals surface area contributed by atoms with E-state index >= 15 is 0 Å². The van der Waals surface area contributed by atoms with E-state index in [9.17, 15) is 0 Å². The summed E-state index contributed by atoms with van der Waals surface area (Å²) in [5.41, 5.74) is 1.24. The normalized spacial score (nSPS) is 18.4. The molecule has 1 fully saturated rings. The average Bonchev–Trinajstić information content (AvgIpc) is 2.32. The summed E-state index contributed by atoms with van der Waals surface area (Å²) < 4.78 is 5.29. The Kier molecular flexibility index (Phi) is 3.94. The minimum absolute atomic E-state index is 0.869. The topological polar surface area (TPSA) is 12.5 Å². The van der Waals surface area contributed by atoms with Crippen molar-refractivity contribution in [1.29, 1.82) is 0 Å². The maximum Gasteiger partial charge on any atom is 0.0594 e. The zero-order valence-corrected chi connectivity index (χ0v) is 8.86. The van der Waals surface area contributed by atoms with Crippen molar-refractivity contribution in [1.82, 2.24) is 4.90 Å². The van der Waals surface area contributed by atoms with Crippen LogP contribution in [-0.2, 0) is 4.74 Å². The summed E-state index contributed by atoms with van der Waals surface area (Å²) >= 11 is 0. The molecule has 1 heterocycles. The Balaban J connectivity index is 1.79. The fourth-order valence-corrected chi connectivity index (χ4v) is 1.63. The van der Waals surface area contributed by atoms with Gasteiger partial charge in [-0.2, -0.15) is 0 Å². The third kappa shape index (κ3) is 3.50. The molecule has 0 amide bonds. The van der Waals surface area contributed by atoms with Crippen LogP contribution in [0.3, 0.4) is 0 Å². The van der Waals surface area contributed by atoms with Crippen molar-refractivity contribution in [3.05, 3.63) is 42.0 Å². The van der Waals surface area contributed by atoms with E-state index < -0.39 is 0 Å². The van der Waals surface area contributed by atoms with Crippen molar-refractivity contribution in [3.63, 3.8) is 0 Å². The summed E-state index contributed by atoms with van der Waals surface area (Å²) in [7, 11) is 0. The van der Waals surface area contributed by atoms with Gasteiger partial charge in [-0.3, -0.25) is 4.90 Å². The van der Waals surface area contributed by atoms with Crippen LogP contribution >= 0.6 is 0 Å². The summed E-state index contributed by atoms with van der Waals surface area (Å²) in [5, 5.41) is 0. The lowest BCUT2D eigenvalue weighted by Crippen LogP contribution is -2.36. The summed E-state index contributed by atoms with van der Waals surface area (Å²) in [5.74, 6) is 0. The standard InChI is InChI=1S/C13H16NO/c1-2-5-13(6-3-1)7-4-8-14-9-11-15-12-10-14/h2-7H,8-12H2/b7-4+. The van der Waals surface area contributed by atoms with Crippen molar-refractivity contribution >= 4 is 6.08 Å². The van der Waals surface area contributed by atoms with Crippen molar-refractivity contribution < 1.29 is 4.74 Å². The van der Waals surface area contributed by atoms with Gasteiger partial charge in [0.25, 0.3) is 0 Å². The van der Waals surface area contributed by atoms with E-state index in [1.165, 1.54) is 5.56 Å². The molecule has 2 rings (SSSR count). The Labute approximate surface area is 91.2 Å². The van der Waals surface area contributed by atoms with Crippen LogP contribution in [0.5, 0.6) is 0 Å². The molecule has 0 spiro atoms. The predicted molar refractivity (Wildman–Crippen MR) is 61.6 cm³/mol. The van der Waals surface area contributed by atoms with E-state index in [-0.39, 0.29) is 0 Å². The molecule has 79 valence electrons. The number of morpholine rings is 1. The number of nitrogens with zero attached hydrogens (tertiary/aromatic N) is 1. The Bertz CT molecular complexity index is 302. The van der Waals surface area contributed by atoms with Gasteiger partial charge in [-0.25, -0.2) is 0 Å². The van der Waals surface area contributed by atoms with E-state index in [0.717, 1.165) is 32.8 Å². The first-order valence-corrected chi connectivity index (χ1v) is 5.38. The Morgan fingerprint density at radius 3 is 2.73 bits per heavy atom. The van der Waals surface area contributed by atoms with Gasteiger partial charge < -0.3 is 4.74 Å². The Morgan fingerprint density at radius 1 is 1.27 bits per heavy atom. The molecular weight excluding hydrogens is 186 g/mol. The highest BCUT2D eigenvalue weighted by molar-refractivity contribution is 5.48. The summed E-state index contributed by atoms with van der Waals surface area (Å²) in [6.07, 6.45) is 4.37. The maximum atomic E-state index is 5.29. The molecule has 0 aliphatic carbocycles. The van der Waals surface area contributed by atoms with Crippen LogP contribution in [0, 0.1) is 6.07 Å². The van der Waals surface area contributed by atoms with E-state index in [1.807, 2.05) is 12.1 Å². The molecule has 1 radical (unpaired) electrons. The van der Waals surface area contributed by atoms with Gasteiger partial charge in [0.1, 0.15) is 0 Å². The summed E-state index contributed by atoms with van der Waals surface area (Å²) in [6.45, 7) is 4.85. The average molecular weight is 202 g/mol. The highest BCUT2D eigenvalue weighted by atomic mass is 16.5. The molecule has 2 heteroatoms. The molecule has 0 saturated carbocycles. The second-order valence-corrected chi connectivity index (χ2v) is 3.65. The van der Waals surface area contributed by atoms with Gasteiger partial charge in [0, 0.05) is 19.6 Å². The molecule has 1 aliphatic rings. The molecule has 0 unspecified atom stereocenters. The van der Waals surface area contributed by atoms with Crippen LogP contribution in [0.4, 0.5) is 0 Å². The lowest BCUT2D eigenvalue weighted by Gasteiger charge is -2.25. The zero-order valence-electron chi connectivity index (χ0n) is 8.86. The van der Waals surface area contributed by atoms with E-state index in [4.69, 9.17) is 4.74 Å². The molecule has 1 aromatic rings. The quantitative estimate of drug-likeness (QED) is 0.741. The van der Waals surface area contributed by atoms with Crippen molar-refractivity contribution in [3.8, 4) is 0 Å². The molecule has 2 nitrogen and oxygen atoms in total. The highest BCUT2D eigenvalue weighted by Gasteiger charge is 2.07. The highest BCUT2D eigenvalue weighted by Crippen LogP contribution is 2.02. The van der Waals surface area contributed by atoms with Crippen LogP contribution < -0.4 is 0 Å². The van der Waals surface area contributed by atoms with Crippen LogP contribution in [-0.4, -0.2) is 37.7 Å². The Hall–Kier alpha value is -1.12. The SMILES string of the molecule is [c]1ccc(/C=C/CN2CCOCC2)cc1. The fraction of sp³-hybridized carbons (Fsp3) is 0.385. The number of hydrogen-bond donors (Lipinski definition) is 0. The minimum Gasteiger partial charge on any atom is -0.379 e. The lowest BCUT2D eigenvalue weighted by atomic mass is 10.2. The second-order valence-electron chi connectivity index (χ2n) is 3.65. The molecule has 1 aliphatic heterocycles. The molecule has 1 saturated heterocycles. The largest absolute Gasteiger partial charge is 0.379 e. The van der Waals surface area contributed by atoms with Gasteiger partial charge in [0.15, 0.2) is 0 Å². The van der Waals surface area contributed by atoms with Crippen molar-refractivity contribution in [2.75, 3.05) is 32.8 Å². The smallest absolute Gasteiger partial charge is 0.0594 e. The molecular formula is C13H16NO. The lowest BCUT2D eigenvalue weighted by molar-refractivity contribution is 0.0435. The first-order chi connectivity index (χ1) is 7.45. The first-order valence-electron chi connectivity index (χ1n) is 5.38.